The number of nitrogens with zero attached hydrogens (tertiary/aromatic N) is 3. The quantitative estimate of drug-likeness (QED) is 0.635. The van der Waals surface area contributed by atoms with Crippen LogP contribution in [0.2, 0.25) is 0 Å². The maximum Gasteiger partial charge on any atom is 0.422 e. The van der Waals surface area contributed by atoms with E-state index in [2.05, 4.69) is 25.0 Å². The largest absolute Gasteiger partial charge is 0.466 e. The molecule has 0 aliphatic heterocycles. The Bertz CT molecular complexity index is 1010. The van der Waals surface area contributed by atoms with Gasteiger partial charge in [0.2, 0.25) is 0 Å². The summed E-state index contributed by atoms with van der Waals surface area (Å²) in [4.78, 5) is 36.5. The van der Waals surface area contributed by atoms with Gasteiger partial charge in [-0.1, -0.05) is 0 Å². The second-order valence-corrected chi connectivity index (χ2v) is 7.33. The van der Waals surface area contributed by atoms with Crippen LogP contribution in [-0.4, -0.2) is 39.4 Å². The third-order valence-electron chi connectivity index (χ3n) is 4.55. The highest BCUT2D eigenvalue weighted by atomic mass is 19.4. The number of ether oxygens (including phenoxy) is 1. The number of carbonyl (C=O) groups is 2. The van der Waals surface area contributed by atoms with E-state index < -0.39 is 30.4 Å². The first-order valence-electron chi connectivity index (χ1n) is 9.53. The molecule has 11 heteroatoms. The van der Waals surface area contributed by atoms with E-state index in [1.807, 2.05) is 0 Å². The van der Waals surface area contributed by atoms with Crippen molar-refractivity contribution in [2.24, 2.45) is 5.92 Å². The number of pyridine rings is 1. The number of rotatable bonds is 8. The molecule has 2 aromatic heterocycles. The Labute approximate surface area is 175 Å². The van der Waals surface area contributed by atoms with Crippen molar-refractivity contribution in [3.63, 3.8) is 0 Å². The van der Waals surface area contributed by atoms with Crippen molar-refractivity contribution in [2.75, 3.05) is 6.61 Å². The SMILES string of the molecule is Cc1cc(C(=O)NCc2cc(F)c(OCC(F)(F)F)nc2C)nc(CC(=O)C2CC2)n1. The summed E-state index contributed by atoms with van der Waals surface area (Å²) in [7, 11) is 0. The lowest BCUT2D eigenvalue weighted by Gasteiger charge is -2.12. The molecule has 166 valence electrons. The first kappa shape index (κ1) is 22.6. The molecule has 7 nitrogen and oxygen atoms in total. The standard InChI is InChI=1S/C20H20F4N4O3/c1-10-5-15(28-17(26-10)7-16(29)12-3-4-12)18(30)25-8-13-6-14(21)19(27-11(13)2)31-9-20(22,23)24/h5-6,12H,3-4,7-9H2,1-2H3,(H,25,30). The van der Waals surface area contributed by atoms with Crippen molar-refractivity contribution in [1.82, 2.24) is 20.3 Å². The average molecular weight is 440 g/mol. The number of halogens is 4. The normalized spacial score (nSPS) is 13.7. The Balaban J connectivity index is 1.65. The molecule has 0 unspecified atom stereocenters. The zero-order chi connectivity index (χ0) is 22.8. The summed E-state index contributed by atoms with van der Waals surface area (Å²) in [6.45, 7) is 1.34. The highest BCUT2D eigenvalue weighted by Crippen LogP contribution is 2.30. The highest BCUT2D eigenvalue weighted by Gasteiger charge is 2.30. The second-order valence-electron chi connectivity index (χ2n) is 7.33. The van der Waals surface area contributed by atoms with Crippen LogP contribution >= 0.6 is 0 Å². The van der Waals surface area contributed by atoms with Gasteiger partial charge in [-0.15, -0.1) is 0 Å². The van der Waals surface area contributed by atoms with E-state index in [4.69, 9.17) is 0 Å². The van der Waals surface area contributed by atoms with Crippen molar-refractivity contribution in [3.05, 3.63) is 46.4 Å². The molecule has 1 aliphatic carbocycles. The number of hydrogen-bond acceptors (Lipinski definition) is 6. The summed E-state index contributed by atoms with van der Waals surface area (Å²) in [6.07, 6.45) is -2.84. The van der Waals surface area contributed by atoms with E-state index in [0.717, 1.165) is 18.9 Å². The second kappa shape index (κ2) is 8.94. The lowest BCUT2D eigenvalue weighted by molar-refractivity contribution is -0.154. The van der Waals surface area contributed by atoms with Gasteiger partial charge >= 0.3 is 6.18 Å². The molecule has 0 bridgehead atoms. The Morgan fingerprint density at radius 2 is 1.87 bits per heavy atom. The fourth-order valence-electron chi connectivity index (χ4n) is 2.82. The van der Waals surface area contributed by atoms with Crippen molar-refractivity contribution >= 4 is 11.7 Å². The van der Waals surface area contributed by atoms with Crippen LogP contribution in [0.4, 0.5) is 17.6 Å². The van der Waals surface area contributed by atoms with Crippen LogP contribution < -0.4 is 10.1 Å². The minimum Gasteiger partial charge on any atom is -0.466 e. The van der Waals surface area contributed by atoms with Gasteiger partial charge in [0, 0.05) is 23.9 Å². The van der Waals surface area contributed by atoms with Crippen LogP contribution in [0.3, 0.4) is 0 Å². The van der Waals surface area contributed by atoms with Crippen LogP contribution in [0.25, 0.3) is 0 Å². The molecule has 2 heterocycles. The fraction of sp³-hybridized carbons (Fsp3) is 0.450. The van der Waals surface area contributed by atoms with Crippen molar-refractivity contribution in [1.29, 1.82) is 0 Å². The summed E-state index contributed by atoms with van der Waals surface area (Å²) >= 11 is 0. The van der Waals surface area contributed by atoms with Crippen molar-refractivity contribution in [2.45, 2.75) is 45.8 Å². The predicted molar refractivity (Wildman–Crippen MR) is 99.9 cm³/mol. The van der Waals surface area contributed by atoms with E-state index in [9.17, 15) is 27.2 Å². The Morgan fingerprint density at radius 1 is 1.16 bits per heavy atom. The Morgan fingerprint density at radius 3 is 2.52 bits per heavy atom. The Hall–Kier alpha value is -3.11. The monoisotopic (exact) mass is 440 g/mol. The molecule has 0 saturated heterocycles. The van der Waals surface area contributed by atoms with Gasteiger partial charge in [-0.3, -0.25) is 9.59 Å². The van der Waals surface area contributed by atoms with Gasteiger partial charge in [0.25, 0.3) is 11.8 Å². The molecule has 0 aromatic carbocycles. The molecule has 0 atom stereocenters. The number of alkyl halides is 3. The molecule has 1 fully saturated rings. The van der Waals surface area contributed by atoms with Gasteiger partial charge in [0.05, 0.1) is 6.42 Å². The molecule has 0 spiro atoms. The minimum absolute atomic E-state index is 0.0435. The molecule has 2 aromatic rings. The van der Waals surface area contributed by atoms with E-state index >= 15 is 0 Å². The minimum atomic E-state index is -4.62. The van der Waals surface area contributed by atoms with Crippen LogP contribution in [0.5, 0.6) is 5.88 Å². The van der Waals surface area contributed by atoms with Crippen LogP contribution in [-0.2, 0) is 17.8 Å². The van der Waals surface area contributed by atoms with Gasteiger partial charge in [-0.2, -0.15) is 13.2 Å². The van der Waals surface area contributed by atoms with Crippen molar-refractivity contribution in [3.8, 4) is 5.88 Å². The summed E-state index contributed by atoms with van der Waals surface area (Å²) in [5, 5.41) is 2.56. The average Bonchev–Trinajstić information content (AvgIpc) is 3.51. The number of amides is 1. The van der Waals surface area contributed by atoms with Gasteiger partial charge in [-0.05, 0) is 44.4 Å². The number of carbonyl (C=O) groups excluding carboxylic acids is 2. The summed E-state index contributed by atoms with van der Waals surface area (Å²) < 4.78 is 55.1. The lowest BCUT2D eigenvalue weighted by atomic mass is 10.1. The van der Waals surface area contributed by atoms with Gasteiger partial charge < -0.3 is 10.1 Å². The van der Waals surface area contributed by atoms with Crippen LogP contribution in [0, 0.1) is 25.6 Å². The van der Waals surface area contributed by atoms with E-state index in [1.165, 1.54) is 13.0 Å². The molecule has 1 amide bonds. The van der Waals surface area contributed by atoms with Gasteiger partial charge in [0.1, 0.15) is 17.3 Å². The predicted octanol–water partition coefficient (Wildman–Crippen LogP) is 3.02. The first-order valence-corrected chi connectivity index (χ1v) is 9.53. The van der Waals surface area contributed by atoms with E-state index in [-0.39, 0.29) is 47.4 Å². The van der Waals surface area contributed by atoms with Crippen LogP contribution in [0.1, 0.15) is 46.1 Å². The van der Waals surface area contributed by atoms with E-state index in [0.29, 0.717) is 5.69 Å². The topological polar surface area (TPSA) is 94.1 Å². The third kappa shape index (κ3) is 6.43. The zero-order valence-electron chi connectivity index (χ0n) is 16.8. The van der Waals surface area contributed by atoms with Gasteiger partial charge in [-0.25, -0.2) is 19.3 Å². The summed E-state index contributed by atoms with van der Waals surface area (Å²) in [5.74, 6) is -2.05. The van der Waals surface area contributed by atoms with Crippen molar-refractivity contribution < 1.29 is 31.9 Å². The molecule has 1 aliphatic rings. The van der Waals surface area contributed by atoms with E-state index in [1.54, 1.807) is 6.92 Å². The highest BCUT2D eigenvalue weighted by molar-refractivity contribution is 5.92. The molecular weight excluding hydrogens is 420 g/mol. The number of aromatic nitrogens is 3. The molecule has 1 saturated carbocycles. The number of ketones is 1. The molecule has 3 rings (SSSR count). The maximum absolute atomic E-state index is 14.0. The fourth-order valence-corrected chi connectivity index (χ4v) is 2.82. The summed E-state index contributed by atoms with van der Waals surface area (Å²) in [6, 6.07) is 2.42. The number of aryl methyl sites for hydroxylation is 2. The number of Topliss-reactive ketones (excluding diaryl/α,β-unsaturated/α-hetero) is 1. The molecule has 0 radical (unpaired) electrons. The third-order valence-corrected chi connectivity index (χ3v) is 4.55. The summed E-state index contributed by atoms with van der Waals surface area (Å²) in [5.41, 5.74) is 1.05. The van der Waals surface area contributed by atoms with Gasteiger partial charge in [0.15, 0.2) is 12.4 Å². The smallest absolute Gasteiger partial charge is 0.422 e. The number of hydrogen-bond donors (Lipinski definition) is 1. The lowest BCUT2D eigenvalue weighted by Crippen LogP contribution is -2.26. The molecule has 1 N–H and O–H groups in total. The van der Waals surface area contributed by atoms with Crippen LogP contribution in [0.15, 0.2) is 12.1 Å². The number of nitrogens with one attached hydrogen (secondary N) is 1. The first-order chi connectivity index (χ1) is 14.5. The molecule has 31 heavy (non-hydrogen) atoms. The Kier molecular flexibility index (Phi) is 6.51. The maximum atomic E-state index is 14.0. The zero-order valence-corrected chi connectivity index (χ0v) is 16.8. The molecular formula is C20H20F4N4O3.